The first-order chi connectivity index (χ1) is 14.1. The van der Waals surface area contributed by atoms with Crippen LogP contribution in [0.3, 0.4) is 0 Å². The molecular weight excluding hydrogens is 368 g/mol. The molecule has 1 fully saturated rings. The van der Waals surface area contributed by atoms with Gasteiger partial charge >= 0.3 is 0 Å². The largest absolute Gasteiger partial charge is 0.496 e. The van der Waals surface area contributed by atoms with E-state index in [4.69, 9.17) is 14.5 Å². The number of piperidine rings is 1. The molecule has 1 atom stereocenters. The number of nitrogens with zero attached hydrogens (tertiary/aromatic N) is 3. The summed E-state index contributed by atoms with van der Waals surface area (Å²) in [7, 11) is 1.63. The highest BCUT2D eigenvalue weighted by molar-refractivity contribution is 5.79. The molecule has 0 radical (unpaired) electrons. The van der Waals surface area contributed by atoms with Crippen molar-refractivity contribution < 1.29 is 14.3 Å². The number of methoxy groups -OCH3 is 1. The van der Waals surface area contributed by atoms with Crippen molar-refractivity contribution in [2.45, 2.75) is 45.3 Å². The van der Waals surface area contributed by atoms with E-state index in [2.05, 4.69) is 15.2 Å². The second-order valence-electron chi connectivity index (χ2n) is 7.79. The van der Waals surface area contributed by atoms with Gasteiger partial charge in [-0.1, -0.05) is 17.7 Å². The van der Waals surface area contributed by atoms with Crippen LogP contribution in [0.4, 0.5) is 5.95 Å². The van der Waals surface area contributed by atoms with Gasteiger partial charge in [0.25, 0.3) is 0 Å². The lowest BCUT2D eigenvalue weighted by Gasteiger charge is -2.33. The number of fused-ring (bicyclic) bond motifs is 1. The first kappa shape index (κ1) is 19.6. The molecule has 0 aliphatic carbocycles. The van der Waals surface area contributed by atoms with E-state index in [1.807, 2.05) is 31.3 Å². The van der Waals surface area contributed by atoms with E-state index >= 15 is 0 Å². The zero-order valence-electron chi connectivity index (χ0n) is 17.1. The monoisotopic (exact) mass is 396 g/mol. The summed E-state index contributed by atoms with van der Waals surface area (Å²) >= 11 is 0. The standard InChI is InChI=1S/C22H28N4O3/c1-15-5-6-20(28-2)16(10-15)11-21(27)24-18-4-3-8-26(13-18)22-23-12-17-14-29-9-7-19(17)25-22/h5-6,10,12,18H,3-4,7-9,11,13-14H2,1-2H3,(H,24,27)/t18-/m1/s1. The molecule has 0 spiro atoms. The third-order valence-electron chi connectivity index (χ3n) is 5.54. The lowest BCUT2D eigenvalue weighted by Crippen LogP contribution is -2.48. The number of amides is 1. The highest BCUT2D eigenvalue weighted by Crippen LogP contribution is 2.22. The minimum Gasteiger partial charge on any atom is -0.496 e. The molecule has 154 valence electrons. The Morgan fingerprint density at radius 2 is 2.31 bits per heavy atom. The van der Waals surface area contributed by atoms with Crippen LogP contribution < -0.4 is 15.0 Å². The Morgan fingerprint density at radius 1 is 1.41 bits per heavy atom. The van der Waals surface area contributed by atoms with Crippen molar-refractivity contribution in [3.05, 3.63) is 46.8 Å². The number of benzene rings is 1. The zero-order chi connectivity index (χ0) is 20.2. The molecule has 1 N–H and O–H groups in total. The topological polar surface area (TPSA) is 76.6 Å². The van der Waals surface area contributed by atoms with Crippen molar-refractivity contribution in [2.24, 2.45) is 0 Å². The van der Waals surface area contributed by atoms with Gasteiger partial charge in [0.05, 0.1) is 32.4 Å². The van der Waals surface area contributed by atoms with E-state index in [1.54, 1.807) is 7.11 Å². The maximum Gasteiger partial charge on any atom is 0.225 e. The van der Waals surface area contributed by atoms with Crippen molar-refractivity contribution in [3.8, 4) is 5.75 Å². The van der Waals surface area contributed by atoms with Gasteiger partial charge in [0, 0.05) is 42.9 Å². The summed E-state index contributed by atoms with van der Waals surface area (Å²) in [6, 6.07) is 6.01. The average molecular weight is 396 g/mol. The van der Waals surface area contributed by atoms with Crippen molar-refractivity contribution in [2.75, 3.05) is 31.7 Å². The van der Waals surface area contributed by atoms with Gasteiger partial charge in [-0.05, 0) is 25.8 Å². The summed E-state index contributed by atoms with van der Waals surface area (Å²) in [4.78, 5) is 24.1. The molecule has 29 heavy (non-hydrogen) atoms. The van der Waals surface area contributed by atoms with Crippen LogP contribution in [-0.2, 0) is 29.0 Å². The molecular formula is C22H28N4O3. The summed E-state index contributed by atoms with van der Waals surface area (Å²) < 4.78 is 10.9. The Balaban J connectivity index is 1.39. The molecule has 1 aromatic heterocycles. The third-order valence-corrected chi connectivity index (χ3v) is 5.54. The van der Waals surface area contributed by atoms with Crippen LogP contribution in [0.25, 0.3) is 0 Å². The summed E-state index contributed by atoms with van der Waals surface area (Å²) in [5.41, 5.74) is 4.19. The third kappa shape index (κ3) is 4.67. The number of aromatic nitrogens is 2. The Kier molecular flexibility index (Phi) is 5.94. The van der Waals surface area contributed by atoms with Gasteiger partial charge in [-0.25, -0.2) is 9.97 Å². The molecule has 4 rings (SSSR count). The minimum atomic E-state index is 0.0178. The average Bonchev–Trinajstić information content (AvgIpc) is 2.73. The number of ether oxygens (including phenoxy) is 2. The van der Waals surface area contributed by atoms with Crippen LogP contribution in [0.1, 0.15) is 35.2 Å². The molecule has 0 bridgehead atoms. The van der Waals surface area contributed by atoms with Gasteiger partial charge < -0.3 is 19.7 Å². The highest BCUT2D eigenvalue weighted by Gasteiger charge is 2.24. The quantitative estimate of drug-likeness (QED) is 0.835. The Hall–Kier alpha value is -2.67. The van der Waals surface area contributed by atoms with Crippen LogP contribution >= 0.6 is 0 Å². The summed E-state index contributed by atoms with van der Waals surface area (Å²) in [6.45, 7) is 4.96. The first-order valence-electron chi connectivity index (χ1n) is 10.2. The van der Waals surface area contributed by atoms with Gasteiger partial charge in [-0.15, -0.1) is 0 Å². The molecule has 3 heterocycles. The number of hydrogen-bond donors (Lipinski definition) is 1. The van der Waals surface area contributed by atoms with Gasteiger partial charge in [-0.3, -0.25) is 4.79 Å². The molecule has 2 aliphatic rings. The number of hydrogen-bond acceptors (Lipinski definition) is 6. The Bertz CT molecular complexity index is 886. The van der Waals surface area contributed by atoms with E-state index in [1.165, 1.54) is 0 Å². The number of nitrogens with one attached hydrogen (secondary N) is 1. The molecule has 1 aromatic carbocycles. The molecule has 1 saturated heterocycles. The van der Waals surface area contributed by atoms with E-state index in [9.17, 15) is 4.79 Å². The Labute approximate surface area is 171 Å². The fraction of sp³-hybridized carbons (Fsp3) is 0.500. The maximum absolute atomic E-state index is 12.7. The van der Waals surface area contributed by atoms with E-state index in [0.29, 0.717) is 19.6 Å². The summed E-state index contributed by atoms with van der Waals surface area (Å²) in [6.07, 6.45) is 4.99. The van der Waals surface area contributed by atoms with Crippen LogP contribution in [0.5, 0.6) is 5.75 Å². The van der Waals surface area contributed by atoms with Crippen molar-refractivity contribution in [1.82, 2.24) is 15.3 Å². The number of aryl methyl sites for hydroxylation is 1. The highest BCUT2D eigenvalue weighted by atomic mass is 16.5. The van der Waals surface area contributed by atoms with E-state index in [-0.39, 0.29) is 11.9 Å². The molecule has 0 saturated carbocycles. The predicted octanol–water partition coefficient (Wildman–Crippen LogP) is 2.19. The second kappa shape index (κ2) is 8.78. The minimum absolute atomic E-state index is 0.0178. The van der Waals surface area contributed by atoms with Crippen LogP contribution in [-0.4, -0.2) is 48.7 Å². The number of rotatable bonds is 5. The van der Waals surface area contributed by atoms with Crippen molar-refractivity contribution in [1.29, 1.82) is 0 Å². The molecule has 7 heteroatoms. The molecule has 0 unspecified atom stereocenters. The van der Waals surface area contributed by atoms with Crippen LogP contribution in [0.15, 0.2) is 24.4 Å². The summed E-state index contributed by atoms with van der Waals surface area (Å²) in [5, 5.41) is 3.19. The smallest absolute Gasteiger partial charge is 0.225 e. The maximum atomic E-state index is 12.7. The Morgan fingerprint density at radius 3 is 3.17 bits per heavy atom. The van der Waals surface area contributed by atoms with Crippen molar-refractivity contribution >= 4 is 11.9 Å². The van der Waals surface area contributed by atoms with Gasteiger partial charge in [0.15, 0.2) is 0 Å². The van der Waals surface area contributed by atoms with Gasteiger partial charge in [0.1, 0.15) is 5.75 Å². The number of carbonyl (C=O) groups excluding carboxylic acids is 1. The molecule has 2 aromatic rings. The van der Waals surface area contributed by atoms with E-state index in [0.717, 1.165) is 66.4 Å². The first-order valence-corrected chi connectivity index (χ1v) is 10.2. The lowest BCUT2D eigenvalue weighted by atomic mass is 10.0. The fourth-order valence-electron chi connectivity index (χ4n) is 4.05. The lowest BCUT2D eigenvalue weighted by molar-refractivity contribution is -0.121. The van der Waals surface area contributed by atoms with E-state index < -0.39 is 0 Å². The van der Waals surface area contributed by atoms with Crippen LogP contribution in [0.2, 0.25) is 0 Å². The molecule has 1 amide bonds. The SMILES string of the molecule is COc1ccc(C)cc1CC(=O)N[C@@H]1CCCN(c2ncc3c(n2)CCOC3)C1. The summed E-state index contributed by atoms with van der Waals surface area (Å²) in [5.74, 6) is 1.52. The van der Waals surface area contributed by atoms with Crippen molar-refractivity contribution in [3.63, 3.8) is 0 Å². The van der Waals surface area contributed by atoms with Gasteiger partial charge in [-0.2, -0.15) is 0 Å². The normalized spacial score (nSPS) is 18.8. The molecule has 2 aliphatic heterocycles. The van der Waals surface area contributed by atoms with Gasteiger partial charge in [0.2, 0.25) is 11.9 Å². The van der Waals surface area contributed by atoms with Crippen LogP contribution in [0, 0.1) is 6.92 Å². The predicted molar refractivity (Wildman–Crippen MR) is 110 cm³/mol. The second-order valence-corrected chi connectivity index (χ2v) is 7.79. The fourth-order valence-corrected chi connectivity index (χ4v) is 4.05. The number of carbonyl (C=O) groups is 1. The molecule has 7 nitrogen and oxygen atoms in total. The number of anilines is 1. The zero-order valence-corrected chi connectivity index (χ0v) is 17.1.